The van der Waals surface area contributed by atoms with Crippen LogP contribution in [0.25, 0.3) is 0 Å². The van der Waals surface area contributed by atoms with Crippen molar-refractivity contribution in [1.29, 1.82) is 5.41 Å². The van der Waals surface area contributed by atoms with E-state index in [4.69, 9.17) is 14.7 Å². The van der Waals surface area contributed by atoms with Gasteiger partial charge in [-0.05, 0) is 94.9 Å². The van der Waals surface area contributed by atoms with Crippen molar-refractivity contribution < 1.29 is 18.3 Å². The fourth-order valence-electron chi connectivity index (χ4n) is 5.69. The van der Waals surface area contributed by atoms with Gasteiger partial charge in [0.2, 0.25) is 4.90 Å². The number of hydrogen-bond donors (Lipinski definition) is 2. The standard InChI is InChI=1S/C29H37BFN5O3S/c1-20-13-26(34-23-9-7-22(31)8-10-23)21(15-32)14-25(20)29(18-30-38-27(2,3)28(4,5)39-30)11-12-36(19-29)40(37)24-16-33-35(6)17-24/h7-10,13-17,32,34H,11-12,18-19H2,1-6H3. The first-order valence-corrected chi connectivity index (χ1v) is 14.6. The van der Waals surface area contributed by atoms with Crippen LogP contribution in [0.4, 0.5) is 15.8 Å². The third-order valence-electron chi connectivity index (χ3n) is 8.54. The van der Waals surface area contributed by atoms with E-state index in [1.165, 1.54) is 18.3 Å². The van der Waals surface area contributed by atoms with Gasteiger partial charge in [-0.1, -0.05) is 0 Å². The van der Waals surface area contributed by atoms with Crippen LogP contribution in [-0.2, 0) is 33.1 Å². The highest BCUT2D eigenvalue weighted by Crippen LogP contribution is 2.47. The van der Waals surface area contributed by atoms with Crippen LogP contribution in [0.5, 0.6) is 0 Å². The van der Waals surface area contributed by atoms with Gasteiger partial charge in [0, 0.05) is 42.2 Å². The fraction of sp³-hybridized carbons (Fsp3) is 0.448. The van der Waals surface area contributed by atoms with Crippen molar-refractivity contribution in [2.24, 2.45) is 7.05 Å². The van der Waals surface area contributed by atoms with Gasteiger partial charge in [0.1, 0.15) is 12.0 Å². The summed E-state index contributed by atoms with van der Waals surface area (Å²) in [4.78, 5) is 0.671. The first kappa shape index (κ1) is 28.8. The first-order chi connectivity index (χ1) is 18.8. The zero-order valence-electron chi connectivity index (χ0n) is 24.0. The summed E-state index contributed by atoms with van der Waals surface area (Å²) in [5, 5.41) is 15.7. The third kappa shape index (κ3) is 5.45. The van der Waals surface area contributed by atoms with E-state index in [1.54, 1.807) is 29.2 Å². The van der Waals surface area contributed by atoms with Gasteiger partial charge in [-0.25, -0.2) is 4.39 Å². The summed E-state index contributed by atoms with van der Waals surface area (Å²) < 4.78 is 43.6. The minimum atomic E-state index is -1.36. The van der Waals surface area contributed by atoms with Crippen LogP contribution in [0, 0.1) is 18.2 Å². The molecule has 2 N–H and O–H groups in total. The van der Waals surface area contributed by atoms with Gasteiger partial charge in [0.15, 0.2) is 0 Å². The van der Waals surface area contributed by atoms with E-state index in [1.807, 2.05) is 45.1 Å². The maximum Gasteiger partial charge on any atom is 0.458 e. The van der Waals surface area contributed by atoms with Crippen molar-refractivity contribution in [2.75, 3.05) is 18.4 Å². The van der Waals surface area contributed by atoms with Crippen LogP contribution in [0.2, 0.25) is 6.32 Å². The molecular formula is C29H37BFN5O3S. The summed E-state index contributed by atoms with van der Waals surface area (Å²) in [7, 11) is 1.38. The highest BCUT2D eigenvalue weighted by molar-refractivity contribution is 7.89. The van der Waals surface area contributed by atoms with Gasteiger partial charge in [0.05, 0.1) is 35.3 Å². The number of hydrogen-bond acceptors (Lipinski definition) is 7. The van der Waals surface area contributed by atoms with Crippen LogP contribution in [0.1, 0.15) is 50.8 Å². The summed E-state index contributed by atoms with van der Waals surface area (Å²) in [6.07, 6.45) is 6.12. The van der Waals surface area contributed by atoms with E-state index < -0.39 is 35.1 Å². The number of nitrogens with zero attached hydrogens (tertiary/aromatic N) is 3. The first-order valence-electron chi connectivity index (χ1n) is 13.5. The monoisotopic (exact) mass is 565 g/mol. The van der Waals surface area contributed by atoms with Gasteiger partial charge < -0.3 is 24.6 Å². The van der Waals surface area contributed by atoms with Gasteiger partial charge in [-0.2, -0.15) is 5.10 Å². The van der Waals surface area contributed by atoms with Gasteiger partial charge in [0.25, 0.3) is 0 Å². The molecule has 5 rings (SSSR count). The zero-order valence-corrected chi connectivity index (χ0v) is 24.8. The number of anilines is 2. The highest BCUT2D eigenvalue weighted by atomic mass is 32.2. The Morgan fingerprint density at radius 1 is 1.18 bits per heavy atom. The summed E-state index contributed by atoms with van der Waals surface area (Å²) in [6.45, 7) is 11.4. The second-order valence-corrected chi connectivity index (χ2v) is 13.4. The largest absolute Gasteiger partial charge is 0.593 e. The third-order valence-corrected chi connectivity index (χ3v) is 9.94. The molecule has 2 saturated heterocycles. The quantitative estimate of drug-likeness (QED) is 0.217. The number of aromatic nitrogens is 2. The molecular weight excluding hydrogens is 528 g/mol. The predicted octanol–water partition coefficient (Wildman–Crippen LogP) is 5.37. The number of benzene rings is 2. The Hall–Kier alpha value is -2.70. The lowest BCUT2D eigenvalue weighted by Crippen LogP contribution is -2.41. The Kier molecular flexibility index (Phi) is 7.65. The lowest BCUT2D eigenvalue weighted by Gasteiger charge is -2.33. The Labute approximate surface area is 239 Å². The molecule has 0 saturated carbocycles. The average Bonchev–Trinajstić information content (AvgIpc) is 3.56. The van der Waals surface area contributed by atoms with Crippen molar-refractivity contribution in [3.63, 3.8) is 0 Å². The van der Waals surface area contributed by atoms with E-state index in [0.29, 0.717) is 29.9 Å². The van der Waals surface area contributed by atoms with E-state index >= 15 is 0 Å². The number of nitrogens with one attached hydrogen (secondary N) is 2. The van der Waals surface area contributed by atoms with Crippen molar-refractivity contribution in [2.45, 2.75) is 68.9 Å². The molecule has 1 aromatic heterocycles. The second kappa shape index (κ2) is 10.6. The highest BCUT2D eigenvalue weighted by Gasteiger charge is 2.56. The molecule has 40 heavy (non-hydrogen) atoms. The smallest absolute Gasteiger partial charge is 0.458 e. The number of aryl methyl sites for hydroxylation is 2. The molecule has 0 spiro atoms. The van der Waals surface area contributed by atoms with Crippen molar-refractivity contribution in [3.8, 4) is 0 Å². The van der Waals surface area contributed by atoms with Gasteiger partial charge in [-0.15, -0.1) is 4.31 Å². The molecule has 2 fully saturated rings. The SMILES string of the molecule is Cc1cc(Nc2ccc(F)cc2)c(C=N)cc1C1(CB2OC(C)(C)C(C)(C)O2)CCN([S+]([O-])c2cnn(C)c2)C1. The molecule has 11 heteroatoms. The molecule has 0 amide bonds. The van der Waals surface area contributed by atoms with E-state index in [0.717, 1.165) is 28.9 Å². The molecule has 0 aliphatic carbocycles. The maximum absolute atomic E-state index is 13.6. The molecule has 3 aromatic rings. The van der Waals surface area contributed by atoms with Crippen LogP contribution < -0.4 is 5.32 Å². The Bertz CT molecular complexity index is 1380. The normalized spacial score (nSPS) is 22.9. The Morgan fingerprint density at radius 3 is 2.45 bits per heavy atom. The van der Waals surface area contributed by atoms with E-state index in [9.17, 15) is 8.94 Å². The topological polar surface area (TPSA) is 98.5 Å². The molecule has 3 heterocycles. The Morgan fingerprint density at radius 2 is 1.85 bits per heavy atom. The summed E-state index contributed by atoms with van der Waals surface area (Å²) in [6, 6.07) is 10.2. The molecule has 212 valence electrons. The zero-order chi connectivity index (χ0) is 28.9. The maximum atomic E-state index is 13.6. The lowest BCUT2D eigenvalue weighted by atomic mass is 9.63. The molecule has 0 bridgehead atoms. The molecule has 2 aliphatic heterocycles. The molecule has 8 nitrogen and oxygen atoms in total. The average molecular weight is 566 g/mol. The molecule has 2 aromatic carbocycles. The minimum absolute atomic E-state index is 0.302. The van der Waals surface area contributed by atoms with Crippen LogP contribution in [-0.4, -0.2) is 56.3 Å². The van der Waals surface area contributed by atoms with E-state index in [2.05, 4.69) is 23.4 Å². The Balaban J connectivity index is 1.51. The van der Waals surface area contributed by atoms with Crippen LogP contribution in [0.15, 0.2) is 53.7 Å². The molecule has 2 unspecified atom stereocenters. The van der Waals surface area contributed by atoms with Crippen LogP contribution >= 0.6 is 0 Å². The summed E-state index contributed by atoms with van der Waals surface area (Å²) in [5.41, 5.74) is 2.99. The minimum Gasteiger partial charge on any atom is -0.593 e. The van der Waals surface area contributed by atoms with Crippen LogP contribution in [0.3, 0.4) is 0 Å². The molecule has 2 aliphatic rings. The second-order valence-electron chi connectivity index (χ2n) is 11.9. The summed E-state index contributed by atoms with van der Waals surface area (Å²) in [5.74, 6) is -0.302. The fourth-order valence-corrected chi connectivity index (χ4v) is 6.99. The van der Waals surface area contributed by atoms with Crippen molar-refractivity contribution >= 4 is 36.1 Å². The lowest BCUT2D eigenvalue weighted by molar-refractivity contribution is 0.00578. The van der Waals surface area contributed by atoms with Crippen molar-refractivity contribution in [1.82, 2.24) is 14.1 Å². The number of rotatable bonds is 8. The van der Waals surface area contributed by atoms with Gasteiger partial charge in [-0.3, -0.25) is 4.68 Å². The van der Waals surface area contributed by atoms with Crippen molar-refractivity contribution in [3.05, 3.63) is 71.3 Å². The number of halogens is 1. The van der Waals surface area contributed by atoms with Gasteiger partial charge >= 0.3 is 7.12 Å². The summed E-state index contributed by atoms with van der Waals surface area (Å²) >= 11 is -1.36. The predicted molar refractivity (Wildman–Crippen MR) is 157 cm³/mol. The molecule has 0 radical (unpaired) electrons. The molecule has 2 atom stereocenters. The van der Waals surface area contributed by atoms with E-state index in [-0.39, 0.29) is 5.82 Å².